The third kappa shape index (κ3) is 4.17. The first-order valence-corrected chi connectivity index (χ1v) is 7.31. The standard InChI is InChI=1S/C13H14ClN5OS/c1-7(20)17-5-9-3-2-8(4-10(9)14)11-6-21-13(18-11)19-12(15)16/h2-4,6H,5H2,1H3,(H,17,20)(H4,15,16,18,19). The first kappa shape index (κ1) is 15.3. The number of nitrogens with zero attached hydrogens (tertiary/aromatic N) is 1. The van der Waals surface area contributed by atoms with Crippen LogP contribution in [-0.4, -0.2) is 16.9 Å². The molecule has 110 valence electrons. The third-order valence-corrected chi connectivity index (χ3v) is 3.73. The molecule has 0 unspecified atom stereocenters. The number of aromatic nitrogens is 1. The summed E-state index contributed by atoms with van der Waals surface area (Å²) in [6, 6.07) is 5.53. The highest BCUT2D eigenvalue weighted by atomic mass is 35.5. The number of carbonyl (C=O) groups excluding carboxylic acids is 1. The van der Waals surface area contributed by atoms with Crippen LogP contribution in [0.2, 0.25) is 5.02 Å². The molecule has 1 amide bonds. The number of hydrogen-bond acceptors (Lipinski definition) is 4. The van der Waals surface area contributed by atoms with E-state index in [1.54, 1.807) is 6.07 Å². The predicted molar refractivity (Wildman–Crippen MR) is 85.6 cm³/mol. The molecule has 0 bridgehead atoms. The highest BCUT2D eigenvalue weighted by molar-refractivity contribution is 7.14. The lowest BCUT2D eigenvalue weighted by molar-refractivity contribution is -0.119. The Morgan fingerprint density at radius 2 is 2.29 bits per heavy atom. The number of thiazole rings is 1. The van der Waals surface area contributed by atoms with Gasteiger partial charge in [0, 0.05) is 29.4 Å². The molecule has 8 heteroatoms. The van der Waals surface area contributed by atoms with Gasteiger partial charge in [-0.05, 0) is 11.6 Å². The van der Waals surface area contributed by atoms with Crippen LogP contribution in [0.5, 0.6) is 0 Å². The van der Waals surface area contributed by atoms with E-state index in [0.29, 0.717) is 16.7 Å². The maximum Gasteiger partial charge on any atom is 0.217 e. The number of rotatable bonds is 4. The monoisotopic (exact) mass is 323 g/mol. The molecule has 0 saturated heterocycles. The van der Waals surface area contributed by atoms with Crippen molar-refractivity contribution < 1.29 is 4.79 Å². The highest BCUT2D eigenvalue weighted by Crippen LogP contribution is 2.28. The van der Waals surface area contributed by atoms with Gasteiger partial charge in [-0.2, -0.15) is 0 Å². The zero-order chi connectivity index (χ0) is 15.4. The van der Waals surface area contributed by atoms with E-state index >= 15 is 0 Å². The van der Waals surface area contributed by atoms with Crippen molar-refractivity contribution in [2.75, 3.05) is 5.32 Å². The highest BCUT2D eigenvalue weighted by Gasteiger charge is 2.08. The Bertz CT molecular complexity index is 685. The van der Waals surface area contributed by atoms with Gasteiger partial charge in [-0.3, -0.25) is 10.2 Å². The van der Waals surface area contributed by atoms with Crippen LogP contribution in [0.3, 0.4) is 0 Å². The SMILES string of the molecule is CC(=O)NCc1ccc(-c2csc(NC(=N)N)n2)cc1Cl. The molecule has 0 fully saturated rings. The number of hydrogen-bond donors (Lipinski definition) is 4. The van der Waals surface area contributed by atoms with Gasteiger partial charge in [-0.1, -0.05) is 23.7 Å². The van der Waals surface area contributed by atoms with Crippen LogP contribution in [0.25, 0.3) is 11.3 Å². The van der Waals surface area contributed by atoms with Gasteiger partial charge in [0.1, 0.15) is 0 Å². The Balaban J connectivity index is 2.17. The van der Waals surface area contributed by atoms with Crippen molar-refractivity contribution in [1.82, 2.24) is 10.3 Å². The summed E-state index contributed by atoms with van der Waals surface area (Å²) in [6.45, 7) is 1.85. The summed E-state index contributed by atoms with van der Waals surface area (Å²) in [7, 11) is 0. The molecule has 1 aromatic carbocycles. The summed E-state index contributed by atoms with van der Waals surface area (Å²) in [4.78, 5) is 15.2. The van der Waals surface area contributed by atoms with E-state index in [9.17, 15) is 4.79 Å². The van der Waals surface area contributed by atoms with Gasteiger partial charge in [-0.15, -0.1) is 11.3 Å². The lowest BCUT2D eigenvalue weighted by Gasteiger charge is -2.06. The Hall–Kier alpha value is -2.12. The molecule has 0 radical (unpaired) electrons. The summed E-state index contributed by atoms with van der Waals surface area (Å²) in [6.07, 6.45) is 0. The largest absolute Gasteiger partial charge is 0.370 e. The van der Waals surface area contributed by atoms with Crippen LogP contribution in [0.1, 0.15) is 12.5 Å². The second kappa shape index (κ2) is 6.55. The summed E-state index contributed by atoms with van der Waals surface area (Å²) < 4.78 is 0. The number of amides is 1. The van der Waals surface area contributed by atoms with Gasteiger partial charge in [-0.25, -0.2) is 4.98 Å². The van der Waals surface area contributed by atoms with E-state index in [0.717, 1.165) is 16.8 Å². The topological polar surface area (TPSA) is 104 Å². The molecular weight excluding hydrogens is 310 g/mol. The average Bonchev–Trinajstić information content (AvgIpc) is 2.84. The van der Waals surface area contributed by atoms with Gasteiger partial charge >= 0.3 is 0 Å². The number of benzene rings is 1. The van der Waals surface area contributed by atoms with Crippen LogP contribution in [0, 0.1) is 5.41 Å². The van der Waals surface area contributed by atoms with Gasteiger partial charge in [0.2, 0.25) is 5.91 Å². The van der Waals surface area contributed by atoms with Gasteiger partial charge in [0.15, 0.2) is 11.1 Å². The molecule has 0 aliphatic carbocycles. The lowest BCUT2D eigenvalue weighted by atomic mass is 10.1. The molecule has 2 rings (SSSR count). The summed E-state index contributed by atoms with van der Waals surface area (Å²) in [5, 5.41) is 15.5. The molecule has 5 N–H and O–H groups in total. The number of nitrogens with one attached hydrogen (secondary N) is 3. The summed E-state index contributed by atoms with van der Waals surface area (Å²) >= 11 is 7.56. The summed E-state index contributed by atoms with van der Waals surface area (Å²) in [5.74, 6) is -0.255. The average molecular weight is 324 g/mol. The van der Waals surface area contributed by atoms with Crippen LogP contribution in [-0.2, 0) is 11.3 Å². The van der Waals surface area contributed by atoms with Crippen molar-refractivity contribution in [1.29, 1.82) is 5.41 Å². The molecule has 0 spiro atoms. The molecule has 0 atom stereocenters. The number of nitrogens with two attached hydrogens (primary N) is 1. The maximum absolute atomic E-state index is 10.9. The molecule has 1 heterocycles. The van der Waals surface area contributed by atoms with E-state index in [1.165, 1.54) is 18.3 Å². The van der Waals surface area contributed by atoms with Gasteiger partial charge in [0.05, 0.1) is 5.69 Å². The van der Waals surface area contributed by atoms with E-state index in [2.05, 4.69) is 15.6 Å². The minimum atomic E-state index is -0.153. The van der Waals surface area contributed by atoms with Crippen molar-refractivity contribution >= 4 is 39.9 Å². The minimum Gasteiger partial charge on any atom is -0.370 e. The van der Waals surface area contributed by atoms with E-state index in [-0.39, 0.29) is 11.9 Å². The number of halogens is 1. The second-order valence-electron chi connectivity index (χ2n) is 4.29. The fraction of sp³-hybridized carbons (Fsp3) is 0.154. The van der Waals surface area contributed by atoms with Crippen molar-refractivity contribution in [2.45, 2.75) is 13.5 Å². The minimum absolute atomic E-state index is 0.102. The second-order valence-corrected chi connectivity index (χ2v) is 5.56. The van der Waals surface area contributed by atoms with Gasteiger partial charge < -0.3 is 16.4 Å². The molecule has 21 heavy (non-hydrogen) atoms. The summed E-state index contributed by atoms with van der Waals surface area (Å²) in [5.41, 5.74) is 7.71. The van der Waals surface area contributed by atoms with Crippen molar-refractivity contribution in [3.63, 3.8) is 0 Å². The van der Waals surface area contributed by atoms with Crippen molar-refractivity contribution in [3.05, 3.63) is 34.2 Å². The molecule has 6 nitrogen and oxygen atoms in total. The van der Waals surface area contributed by atoms with Crippen LogP contribution < -0.4 is 16.4 Å². The lowest BCUT2D eigenvalue weighted by Crippen LogP contribution is -2.20. The Labute approximate surface area is 130 Å². The van der Waals surface area contributed by atoms with Crippen LogP contribution >= 0.6 is 22.9 Å². The smallest absolute Gasteiger partial charge is 0.217 e. The quantitative estimate of drug-likeness (QED) is 0.512. The van der Waals surface area contributed by atoms with E-state index < -0.39 is 0 Å². The van der Waals surface area contributed by atoms with Crippen molar-refractivity contribution in [2.24, 2.45) is 5.73 Å². The molecule has 2 aromatic rings. The zero-order valence-corrected chi connectivity index (χ0v) is 12.8. The first-order valence-electron chi connectivity index (χ1n) is 6.05. The fourth-order valence-electron chi connectivity index (χ4n) is 1.65. The van der Waals surface area contributed by atoms with E-state index in [1.807, 2.05) is 17.5 Å². The number of carbonyl (C=O) groups is 1. The van der Waals surface area contributed by atoms with E-state index in [4.69, 9.17) is 22.7 Å². The molecular formula is C13H14ClN5OS. The normalized spacial score (nSPS) is 10.2. The maximum atomic E-state index is 10.9. The third-order valence-electron chi connectivity index (χ3n) is 2.62. The number of guanidine groups is 1. The molecule has 0 saturated carbocycles. The number of anilines is 1. The molecule has 1 aromatic heterocycles. The Morgan fingerprint density at radius 3 is 2.90 bits per heavy atom. The molecule has 0 aliphatic rings. The first-order chi connectivity index (χ1) is 9.95. The van der Waals surface area contributed by atoms with Crippen molar-refractivity contribution in [3.8, 4) is 11.3 Å². The Kier molecular flexibility index (Phi) is 4.77. The van der Waals surface area contributed by atoms with Crippen LogP contribution in [0.15, 0.2) is 23.6 Å². The molecule has 0 aliphatic heterocycles. The predicted octanol–water partition coefficient (Wildman–Crippen LogP) is 2.40. The van der Waals surface area contributed by atoms with Crippen LogP contribution in [0.4, 0.5) is 5.13 Å². The van der Waals surface area contributed by atoms with Gasteiger partial charge in [0.25, 0.3) is 0 Å². The fourth-order valence-corrected chi connectivity index (χ4v) is 2.63. The zero-order valence-electron chi connectivity index (χ0n) is 11.2. The Morgan fingerprint density at radius 1 is 1.52 bits per heavy atom.